The standard InChI is InChI=1S/C5H2ClN3S/c6-5-7-1-3-4(9-5)8-2-10-3/h1-2H. The van der Waals surface area contributed by atoms with Crippen molar-refractivity contribution >= 4 is 33.3 Å². The number of hydrogen-bond donors (Lipinski definition) is 0. The van der Waals surface area contributed by atoms with Crippen molar-refractivity contribution in [2.45, 2.75) is 0 Å². The zero-order chi connectivity index (χ0) is 6.97. The molecule has 0 fully saturated rings. The third-order valence-corrected chi connectivity index (χ3v) is 2.00. The lowest BCUT2D eigenvalue weighted by atomic mass is 10.6. The van der Waals surface area contributed by atoms with Crippen molar-refractivity contribution in [2.24, 2.45) is 0 Å². The van der Waals surface area contributed by atoms with E-state index in [1.54, 1.807) is 11.7 Å². The minimum absolute atomic E-state index is 0.249. The molecule has 5 heteroatoms. The summed E-state index contributed by atoms with van der Waals surface area (Å²) in [6.07, 6.45) is 1.67. The molecule has 0 saturated carbocycles. The molecule has 0 amide bonds. The molecule has 3 nitrogen and oxygen atoms in total. The Bertz CT molecular complexity index is 358. The molecule has 2 heterocycles. The molecule has 0 aliphatic carbocycles. The summed E-state index contributed by atoms with van der Waals surface area (Å²) >= 11 is 7.02. The molecular formula is C5H2ClN3S. The van der Waals surface area contributed by atoms with Crippen molar-refractivity contribution in [3.05, 3.63) is 17.0 Å². The van der Waals surface area contributed by atoms with Gasteiger partial charge in [-0.3, -0.25) is 0 Å². The summed E-state index contributed by atoms with van der Waals surface area (Å²) in [7, 11) is 0. The normalized spacial score (nSPS) is 10.5. The fourth-order valence-electron chi connectivity index (χ4n) is 0.650. The molecule has 0 aliphatic rings. The highest BCUT2D eigenvalue weighted by Crippen LogP contribution is 2.14. The van der Waals surface area contributed by atoms with Crippen molar-refractivity contribution in [1.29, 1.82) is 0 Å². The third-order valence-electron chi connectivity index (χ3n) is 1.06. The maximum Gasteiger partial charge on any atom is 0.224 e. The van der Waals surface area contributed by atoms with Gasteiger partial charge in [0.1, 0.15) is 0 Å². The number of halogens is 1. The predicted octanol–water partition coefficient (Wildman–Crippen LogP) is 1.74. The number of thiazole rings is 1. The molecule has 0 aromatic carbocycles. The summed E-state index contributed by atoms with van der Waals surface area (Å²) in [4.78, 5) is 11.7. The van der Waals surface area contributed by atoms with Crippen LogP contribution in [0.15, 0.2) is 11.7 Å². The van der Waals surface area contributed by atoms with Crippen LogP contribution in [-0.2, 0) is 0 Å². The minimum atomic E-state index is 0.249. The molecule has 0 spiro atoms. The van der Waals surface area contributed by atoms with Crippen molar-refractivity contribution < 1.29 is 0 Å². The molecule has 2 aromatic rings. The van der Waals surface area contributed by atoms with Gasteiger partial charge in [-0.05, 0) is 11.6 Å². The number of aromatic nitrogens is 3. The molecule has 0 unspecified atom stereocenters. The molecule has 0 aliphatic heterocycles. The fourth-order valence-corrected chi connectivity index (χ4v) is 1.36. The lowest BCUT2D eigenvalue weighted by Gasteiger charge is -1.85. The second-order valence-electron chi connectivity index (χ2n) is 1.68. The van der Waals surface area contributed by atoms with Crippen LogP contribution in [0.1, 0.15) is 0 Å². The number of hydrogen-bond acceptors (Lipinski definition) is 4. The first kappa shape index (κ1) is 6.00. The summed E-state index contributed by atoms with van der Waals surface area (Å²) < 4.78 is 0.962. The fraction of sp³-hybridized carbons (Fsp3) is 0. The molecule has 0 N–H and O–H groups in total. The highest BCUT2D eigenvalue weighted by Gasteiger charge is 1.97. The van der Waals surface area contributed by atoms with Crippen LogP contribution in [0.3, 0.4) is 0 Å². The number of nitrogens with zero attached hydrogens (tertiary/aromatic N) is 3. The van der Waals surface area contributed by atoms with Gasteiger partial charge in [-0.25, -0.2) is 9.97 Å². The maximum absolute atomic E-state index is 5.52. The molecule has 50 valence electrons. The topological polar surface area (TPSA) is 38.7 Å². The van der Waals surface area contributed by atoms with Gasteiger partial charge in [-0.2, -0.15) is 4.98 Å². The first-order valence-electron chi connectivity index (χ1n) is 2.58. The van der Waals surface area contributed by atoms with Gasteiger partial charge in [0, 0.05) is 0 Å². The van der Waals surface area contributed by atoms with Crippen LogP contribution in [0.5, 0.6) is 0 Å². The van der Waals surface area contributed by atoms with Crippen LogP contribution in [0.2, 0.25) is 5.28 Å². The molecule has 0 radical (unpaired) electrons. The average Bonchev–Trinajstić information content (AvgIpc) is 2.33. The van der Waals surface area contributed by atoms with Crippen LogP contribution in [-0.4, -0.2) is 15.0 Å². The van der Waals surface area contributed by atoms with E-state index >= 15 is 0 Å². The smallest absolute Gasteiger partial charge is 0.224 e. The van der Waals surface area contributed by atoms with Gasteiger partial charge in [0.05, 0.1) is 16.4 Å². The first-order valence-corrected chi connectivity index (χ1v) is 3.84. The zero-order valence-corrected chi connectivity index (χ0v) is 6.35. The third kappa shape index (κ3) is 0.853. The Kier molecular flexibility index (Phi) is 1.28. The van der Waals surface area contributed by atoms with E-state index < -0.39 is 0 Å². The van der Waals surface area contributed by atoms with E-state index in [4.69, 9.17) is 11.6 Å². The largest absolute Gasteiger partial charge is 0.225 e. The quantitative estimate of drug-likeness (QED) is 0.567. The van der Waals surface area contributed by atoms with E-state index in [0.29, 0.717) is 5.65 Å². The van der Waals surface area contributed by atoms with Crippen molar-refractivity contribution in [1.82, 2.24) is 15.0 Å². The predicted molar refractivity (Wildman–Crippen MR) is 40.2 cm³/mol. The molecule has 10 heavy (non-hydrogen) atoms. The summed E-state index contributed by atoms with van der Waals surface area (Å²) in [6, 6.07) is 0. The Hall–Kier alpha value is -0.740. The zero-order valence-electron chi connectivity index (χ0n) is 4.78. The second-order valence-corrected chi connectivity index (χ2v) is 2.90. The van der Waals surface area contributed by atoms with Crippen molar-refractivity contribution in [2.75, 3.05) is 0 Å². The SMILES string of the molecule is Clc1ncc2scnc2n1. The molecular weight excluding hydrogens is 170 g/mol. The number of fused-ring (bicyclic) bond motifs is 1. The van der Waals surface area contributed by atoms with Gasteiger partial charge in [-0.15, -0.1) is 11.3 Å². The summed E-state index contributed by atoms with van der Waals surface area (Å²) in [5.74, 6) is 0. The van der Waals surface area contributed by atoms with E-state index in [2.05, 4.69) is 15.0 Å². The number of rotatable bonds is 0. The van der Waals surface area contributed by atoms with E-state index in [-0.39, 0.29) is 5.28 Å². The lowest BCUT2D eigenvalue weighted by Crippen LogP contribution is -1.79. The molecule has 0 atom stereocenters. The second kappa shape index (κ2) is 2.14. The highest BCUT2D eigenvalue weighted by molar-refractivity contribution is 7.16. The Morgan fingerprint density at radius 3 is 3.20 bits per heavy atom. The monoisotopic (exact) mass is 171 g/mol. The van der Waals surface area contributed by atoms with Gasteiger partial charge in [0.15, 0.2) is 5.65 Å². The Balaban J connectivity index is 2.86. The van der Waals surface area contributed by atoms with E-state index in [9.17, 15) is 0 Å². The molecule has 2 aromatic heterocycles. The van der Waals surface area contributed by atoms with Crippen molar-refractivity contribution in [3.63, 3.8) is 0 Å². The maximum atomic E-state index is 5.52. The van der Waals surface area contributed by atoms with E-state index in [1.807, 2.05) is 0 Å². The van der Waals surface area contributed by atoms with Crippen LogP contribution >= 0.6 is 22.9 Å². The van der Waals surface area contributed by atoms with Crippen LogP contribution in [0, 0.1) is 0 Å². The highest BCUT2D eigenvalue weighted by atomic mass is 35.5. The summed E-state index contributed by atoms with van der Waals surface area (Å²) in [5, 5.41) is 0.249. The van der Waals surface area contributed by atoms with Crippen LogP contribution < -0.4 is 0 Å². The van der Waals surface area contributed by atoms with Gasteiger partial charge < -0.3 is 0 Å². The van der Waals surface area contributed by atoms with Gasteiger partial charge in [0.25, 0.3) is 0 Å². The van der Waals surface area contributed by atoms with Crippen molar-refractivity contribution in [3.8, 4) is 0 Å². The van der Waals surface area contributed by atoms with Gasteiger partial charge >= 0.3 is 0 Å². The van der Waals surface area contributed by atoms with Crippen LogP contribution in [0.25, 0.3) is 10.3 Å². The first-order chi connectivity index (χ1) is 4.86. The van der Waals surface area contributed by atoms with Gasteiger partial charge in [-0.1, -0.05) is 0 Å². The Morgan fingerprint density at radius 1 is 1.40 bits per heavy atom. The molecule has 0 saturated heterocycles. The minimum Gasteiger partial charge on any atom is -0.225 e. The van der Waals surface area contributed by atoms with Gasteiger partial charge in [0.2, 0.25) is 5.28 Å². The average molecular weight is 172 g/mol. The Morgan fingerprint density at radius 2 is 2.30 bits per heavy atom. The summed E-state index contributed by atoms with van der Waals surface area (Å²) in [6.45, 7) is 0. The molecule has 2 rings (SSSR count). The summed E-state index contributed by atoms with van der Waals surface area (Å²) in [5.41, 5.74) is 2.39. The van der Waals surface area contributed by atoms with E-state index in [0.717, 1.165) is 4.70 Å². The Labute approximate surface area is 65.7 Å². The van der Waals surface area contributed by atoms with E-state index in [1.165, 1.54) is 11.3 Å². The lowest BCUT2D eigenvalue weighted by molar-refractivity contribution is 1.20. The molecule has 0 bridgehead atoms. The van der Waals surface area contributed by atoms with Crippen LogP contribution in [0.4, 0.5) is 0 Å².